The summed E-state index contributed by atoms with van der Waals surface area (Å²) < 4.78 is 29.3. The number of aryl methyl sites for hydroxylation is 1. The first-order chi connectivity index (χ1) is 11.2. The van der Waals surface area contributed by atoms with Crippen LogP contribution >= 0.6 is 0 Å². The molecule has 0 aliphatic rings. The molecule has 126 valence electrons. The molecule has 24 heavy (non-hydrogen) atoms. The van der Waals surface area contributed by atoms with Crippen molar-refractivity contribution >= 4 is 21.5 Å². The van der Waals surface area contributed by atoms with Gasteiger partial charge in [-0.2, -0.15) is 8.42 Å². The van der Waals surface area contributed by atoms with Gasteiger partial charge in [0.05, 0.1) is 16.5 Å². The number of nitro groups is 2. The molecule has 2 rings (SSSR count). The number of nitrogens with zero attached hydrogens (tertiary/aromatic N) is 2. The van der Waals surface area contributed by atoms with Crippen molar-refractivity contribution < 1.29 is 22.4 Å². The van der Waals surface area contributed by atoms with E-state index in [1.807, 2.05) is 0 Å². The van der Waals surface area contributed by atoms with Gasteiger partial charge in [-0.1, -0.05) is 30.3 Å². The zero-order valence-corrected chi connectivity index (χ0v) is 13.2. The van der Waals surface area contributed by atoms with Crippen LogP contribution in [0.15, 0.2) is 47.4 Å². The molecule has 0 bridgehead atoms. The molecule has 0 heterocycles. The Balaban J connectivity index is 2.46. The Morgan fingerprint density at radius 3 is 2.12 bits per heavy atom. The summed E-state index contributed by atoms with van der Waals surface area (Å²) in [4.78, 5) is 19.5. The monoisotopic (exact) mass is 352 g/mol. The van der Waals surface area contributed by atoms with E-state index >= 15 is 0 Å². The highest BCUT2D eigenvalue weighted by Gasteiger charge is 2.31. The molecule has 0 N–H and O–H groups in total. The van der Waals surface area contributed by atoms with Gasteiger partial charge in [0.2, 0.25) is 0 Å². The van der Waals surface area contributed by atoms with Crippen molar-refractivity contribution in [2.45, 2.75) is 18.4 Å². The predicted octanol–water partition coefficient (Wildman–Crippen LogP) is 2.72. The van der Waals surface area contributed by atoms with Gasteiger partial charge in [-0.15, -0.1) is 0 Å². The van der Waals surface area contributed by atoms with Gasteiger partial charge in [0.1, 0.15) is 0 Å². The second kappa shape index (κ2) is 6.72. The van der Waals surface area contributed by atoms with Crippen LogP contribution in [0.25, 0.3) is 0 Å². The molecule has 9 nitrogen and oxygen atoms in total. The van der Waals surface area contributed by atoms with Crippen molar-refractivity contribution in [2.75, 3.05) is 0 Å². The Hall–Kier alpha value is -2.85. The van der Waals surface area contributed by atoms with Crippen LogP contribution < -0.4 is 0 Å². The molecule has 0 saturated heterocycles. The first kappa shape index (κ1) is 17.5. The Morgan fingerprint density at radius 2 is 1.58 bits per heavy atom. The zero-order valence-electron chi connectivity index (χ0n) is 12.4. The van der Waals surface area contributed by atoms with Gasteiger partial charge < -0.3 is 0 Å². The van der Waals surface area contributed by atoms with Crippen molar-refractivity contribution in [2.24, 2.45) is 0 Å². The predicted molar refractivity (Wildman–Crippen MR) is 82.9 cm³/mol. The molecular formula is C14H12N2O7S. The number of hydrogen-bond donors (Lipinski definition) is 0. The molecule has 0 atom stereocenters. The maximum absolute atomic E-state index is 12.3. The summed E-state index contributed by atoms with van der Waals surface area (Å²) in [7, 11) is -4.55. The minimum Gasteiger partial charge on any atom is -0.261 e. The molecular weight excluding hydrogens is 340 g/mol. The van der Waals surface area contributed by atoms with Crippen molar-refractivity contribution in [3.63, 3.8) is 0 Å². The molecule has 0 unspecified atom stereocenters. The fraction of sp³-hybridized carbons (Fsp3) is 0.143. The van der Waals surface area contributed by atoms with E-state index < -0.39 is 36.2 Å². The van der Waals surface area contributed by atoms with Crippen LogP contribution in [0.4, 0.5) is 11.4 Å². The van der Waals surface area contributed by atoms with Gasteiger partial charge in [-0.05, 0) is 12.5 Å². The third-order valence-electron chi connectivity index (χ3n) is 3.16. The van der Waals surface area contributed by atoms with E-state index in [0.29, 0.717) is 11.6 Å². The summed E-state index contributed by atoms with van der Waals surface area (Å²) in [5, 5.41) is 22.1. The average molecular weight is 352 g/mol. The maximum atomic E-state index is 12.3. The smallest absolute Gasteiger partial charge is 0.261 e. The number of nitro benzene ring substituents is 2. The Labute approximate surface area is 136 Å². The van der Waals surface area contributed by atoms with E-state index in [1.54, 1.807) is 30.3 Å². The van der Waals surface area contributed by atoms with E-state index in [4.69, 9.17) is 4.18 Å². The van der Waals surface area contributed by atoms with Crippen molar-refractivity contribution in [3.05, 3.63) is 73.8 Å². The molecule has 0 radical (unpaired) electrons. The SMILES string of the molecule is Cc1cc([N+](=O)[O-])c(S(=O)(=O)OCc2ccccc2)cc1[N+](=O)[O-]. The fourth-order valence-electron chi connectivity index (χ4n) is 1.99. The van der Waals surface area contributed by atoms with Crippen LogP contribution in [-0.4, -0.2) is 18.3 Å². The summed E-state index contributed by atoms with van der Waals surface area (Å²) in [5.74, 6) is 0. The van der Waals surface area contributed by atoms with Crippen LogP contribution in [0.2, 0.25) is 0 Å². The van der Waals surface area contributed by atoms with Gasteiger partial charge in [0.25, 0.3) is 11.4 Å². The first-order valence-electron chi connectivity index (χ1n) is 6.59. The first-order valence-corrected chi connectivity index (χ1v) is 8.00. The molecule has 0 amide bonds. The highest BCUT2D eigenvalue weighted by Crippen LogP contribution is 2.32. The quantitative estimate of drug-likeness (QED) is 0.444. The Kier molecular flexibility index (Phi) is 4.90. The zero-order chi connectivity index (χ0) is 17.9. The van der Waals surface area contributed by atoms with Gasteiger partial charge >= 0.3 is 10.1 Å². The molecule has 0 aliphatic carbocycles. The Morgan fingerprint density at radius 1 is 1.00 bits per heavy atom. The molecule has 0 spiro atoms. The van der Waals surface area contributed by atoms with Gasteiger partial charge in [-0.25, -0.2) is 0 Å². The standard InChI is InChI=1S/C14H12N2O7S/c1-10-7-13(16(19)20)14(8-12(10)15(17)18)24(21,22)23-9-11-5-3-2-4-6-11/h2-8H,9H2,1H3. The van der Waals surface area contributed by atoms with E-state index in [1.165, 1.54) is 6.92 Å². The second-order valence-corrected chi connectivity index (χ2v) is 6.41. The largest absolute Gasteiger partial charge is 0.304 e. The molecule has 0 aromatic heterocycles. The normalized spacial score (nSPS) is 11.2. The summed E-state index contributed by atoms with van der Waals surface area (Å²) in [6.45, 7) is 0.939. The molecule has 0 saturated carbocycles. The van der Waals surface area contributed by atoms with Crippen LogP contribution in [0.1, 0.15) is 11.1 Å². The molecule has 2 aromatic rings. The molecule has 0 aliphatic heterocycles. The minimum absolute atomic E-state index is 0.0197. The lowest BCUT2D eigenvalue weighted by Gasteiger charge is -2.07. The average Bonchev–Trinajstić information content (AvgIpc) is 2.53. The van der Waals surface area contributed by atoms with Crippen LogP contribution in [0.3, 0.4) is 0 Å². The molecule has 10 heteroatoms. The minimum atomic E-state index is -4.55. The van der Waals surface area contributed by atoms with E-state index in [2.05, 4.69) is 0 Å². The summed E-state index contributed by atoms with van der Waals surface area (Å²) >= 11 is 0. The topological polar surface area (TPSA) is 130 Å². The highest BCUT2D eigenvalue weighted by molar-refractivity contribution is 7.86. The van der Waals surface area contributed by atoms with Gasteiger partial charge in [0, 0.05) is 17.7 Å². The summed E-state index contributed by atoms with van der Waals surface area (Å²) in [5.41, 5.74) is -0.798. The highest BCUT2D eigenvalue weighted by atomic mass is 32.2. The fourth-order valence-corrected chi connectivity index (χ4v) is 3.05. The van der Waals surface area contributed by atoms with E-state index in [9.17, 15) is 28.6 Å². The molecule has 2 aromatic carbocycles. The third-order valence-corrected chi connectivity index (χ3v) is 4.46. The maximum Gasteiger partial charge on any atom is 0.304 e. The van der Waals surface area contributed by atoms with Gasteiger partial charge in [-0.3, -0.25) is 24.4 Å². The van der Waals surface area contributed by atoms with Gasteiger partial charge in [0.15, 0.2) is 4.90 Å². The van der Waals surface area contributed by atoms with Crippen molar-refractivity contribution in [1.82, 2.24) is 0 Å². The number of rotatable bonds is 6. The summed E-state index contributed by atoms with van der Waals surface area (Å²) in [6.07, 6.45) is 0. The lowest BCUT2D eigenvalue weighted by Crippen LogP contribution is -2.10. The van der Waals surface area contributed by atoms with Crippen LogP contribution in [0, 0.1) is 27.2 Å². The second-order valence-electron chi connectivity index (χ2n) is 4.82. The van der Waals surface area contributed by atoms with Crippen molar-refractivity contribution in [3.8, 4) is 0 Å². The van der Waals surface area contributed by atoms with Crippen molar-refractivity contribution in [1.29, 1.82) is 0 Å². The third kappa shape index (κ3) is 3.73. The molecule has 0 fully saturated rings. The lowest BCUT2D eigenvalue weighted by molar-refractivity contribution is -0.392. The number of benzene rings is 2. The van der Waals surface area contributed by atoms with Crippen LogP contribution in [0.5, 0.6) is 0 Å². The lowest BCUT2D eigenvalue weighted by atomic mass is 10.2. The summed E-state index contributed by atoms with van der Waals surface area (Å²) in [6, 6.07) is 9.79. The van der Waals surface area contributed by atoms with Crippen LogP contribution in [-0.2, 0) is 20.9 Å². The van der Waals surface area contributed by atoms with E-state index in [-0.39, 0.29) is 12.2 Å². The van der Waals surface area contributed by atoms with E-state index in [0.717, 1.165) is 6.07 Å². The number of hydrogen-bond acceptors (Lipinski definition) is 7. The Bertz CT molecular complexity index is 895.